The quantitative estimate of drug-likeness (QED) is 0.763. The van der Waals surface area contributed by atoms with Crippen LogP contribution in [0.3, 0.4) is 0 Å². The summed E-state index contributed by atoms with van der Waals surface area (Å²) in [4.78, 5) is 12.8. The van der Waals surface area contributed by atoms with Gasteiger partial charge >= 0.3 is 0 Å². The fourth-order valence-electron chi connectivity index (χ4n) is 2.91. The van der Waals surface area contributed by atoms with E-state index in [-0.39, 0.29) is 11.9 Å². The molecule has 1 saturated carbocycles. The summed E-state index contributed by atoms with van der Waals surface area (Å²) < 4.78 is 0. The Bertz CT molecular complexity index is 343. The predicted molar refractivity (Wildman–Crippen MR) is 83.9 cm³/mol. The van der Waals surface area contributed by atoms with E-state index in [0.29, 0.717) is 23.2 Å². The van der Waals surface area contributed by atoms with E-state index in [4.69, 9.17) is 18.0 Å². The largest absolute Gasteiger partial charge is 0.392 e. The first-order valence-electron chi connectivity index (χ1n) is 7.43. The van der Waals surface area contributed by atoms with Gasteiger partial charge in [-0.2, -0.15) is 0 Å². The lowest BCUT2D eigenvalue weighted by atomic mass is 9.77. The normalized spacial score (nSPS) is 26.8. The van der Waals surface area contributed by atoms with Crippen molar-refractivity contribution in [3.8, 4) is 0 Å². The van der Waals surface area contributed by atoms with Gasteiger partial charge in [0.1, 0.15) is 0 Å². The molecule has 1 amide bonds. The molecule has 0 spiro atoms. The molecular weight excluding hydrogens is 256 g/mol. The lowest BCUT2D eigenvalue weighted by molar-refractivity contribution is -0.128. The monoisotopic (exact) mass is 284 g/mol. The van der Waals surface area contributed by atoms with Crippen LogP contribution in [0.2, 0.25) is 0 Å². The third-order valence-corrected chi connectivity index (χ3v) is 5.19. The maximum atomic E-state index is 12.5. The molecule has 3 unspecified atom stereocenters. The molecule has 1 rings (SSSR count). The number of amides is 1. The number of thiocarbonyl (C=S) groups is 1. The van der Waals surface area contributed by atoms with Crippen molar-refractivity contribution < 1.29 is 4.79 Å². The van der Waals surface area contributed by atoms with E-state index >= 15 is 0 Å². The molecule has 3 atom stereocenters. The van der Waals surface area contributed by atoms with Gasteiger partial charge in [-0.25, -0.2) is 0 Å². The Labute approximate surface area is 122 Å². The SMILES string of the molecule is CCC(C)(C(=O)NC1CCCCC1C(C)C)C(N)=S. The lowest BCUT2D eigenvalue weighted by Gasteiger charge is -2.37. The average molecular weight is 284 g/mol. The van der Waals surface area contributed by atoms with Gasteiger partial charge < -0.3 is 11.1 Å². The van der Waals surface area contributed by atoms with Gasteiger partial charge in [-0.05, 0) is 38.0 Å². The number of carbonyl (C=O) groups excluding carboxylic acids is 1. The minimum absolute atomic E-state index is 0.0000463. The van der Waals surface area contributed by atoms with Crippen molar-refractivity contribution in [3.63, 3.8) is 0 Å². The Morgan fingerprint density at radius 1 is 1.42 bits per heavy atom. The number of nitrogens with two attached hydrogens (primary N) is 1. The van der Waals surface area contributed by atoms with E-state index in [9.17, 15) is 4.79 Å². The van der Waals surface area contributed by atoms with Crippen LogP contribution in [0.5, 0.6) is 0 Å². The zero-order valence-electron chi connectivity index (χ0n) is 12.7. The van der Waals surface area contributed by atoms with E-state index in [1.54, 1.807) is 0 Å². The molecule has 0 aromatic carbocycles. The van der Waals surface area contributed by atoms with Crippen LogP contribution in [0.15, 0.2) is 0 Å². The van der Waals surface area contributed by atoms with Gasteiger partial charge in [0.05, 0.1) is 10.4 Å². The highest BCUT2D eigenvalue weighted by molar-refractivity contribution is 7.80. The second-order valence-corrected chi connectivity index (χ2v) is 6.76. The second kappa shape index (κ2) is 6.69. The molecule has 1 aliphatic carbocycles. The molecular formula is C15H28N2OS. The topological polar surface area (TPSA) is 55.1 Å². The first-order valence-corrected chi connectivity index (χ1v) is 7.84. The first kappa shape index (κ1) is 16.4. The van der Waals surface area contributed by atoms with E-state index < -0.39 is 5.41 Å². The maximum Gasteiger partial charge on any atom is 0.232 e. The van der Waals surface area contributed by atoms with Crippen LogP contribution in [0.1, 0.15) is 59.8 Å². The van der Waals surface area contributed by atoms with Gasteiger partial charge in [0.25, 0.3) is 0 Å². The molecule has 3 N–H and O–H groups in total. The van der Waals surface area contributed by atoms with Gasteiger partial charge in [-0.3, -0.25) is 4.79 Å². The van der Waals surface area contributed by atoms with E-state index in [1.807, 2.05) is 13.8 Å². The summed E-state index contributed by atoms with van der Waals surface area (Å²) in [5, 5.41) is 3.22. The second-order valence-electron chi connectivity index (χ2n) is 6.32. The molecule has 110 valence electrons. The van der Waals surface area contributed by atoms with Gasteiger partial charge in [-0.1, -0.05) is 45.8 Å². The Kier molecular flexibility index (Phi) is 5.78. The third kappa shape index (κ3) is 3.68. The summed E-state index contributed by atoms with van der Waals surface area (Å²) in [6, 6.07) is 0.279. The first-order chi connectivity index (χ1) is 8.82. The minimum atomic E-state index is -0.714. The van der Waals surface area contributed by atoms with Crippen LogP contribution in [-0.4, -0.2) is 16.9 Å². The van der Waals surface area contributed by atoms with Gasteiger partial charge in [-0.15, -0.1) is 0 Å². The van der Waals surface area contributed by atoms with Crippen LogP contribution in [0, 0.1) is 17.3 Å². The Hall–Kier alpha value is -0.640. The summed E-state index contributed by atoms with van der Waals surface area (Å²) in [6.45, 7) is 8.28. The molecule has 0 aromatic heterocycles. The number of hydrogen-bond donors (Lipinski definition) is 2. The average Bonchev–Trinajstić information content (AvgIpc) is 2.37. The fourth-order valence-corrected chi connectivity index (χ4v) is 3.15. The Morgan fingerprint density at radius 2 is 2.00 bits per heavy atom. The predicted octanol–water partition coefficient (Wildman–Crippen LogP) is 3.02. The summed E-state index contributed by atoms with van der Waals surface area (Å²) in [7, 11) is 0. The molecule has 0 radical (unpaired) electrons. The summed E-state index contributed by atoms with van der Waals surface area (Å²) in [5.74, 6) is 1.17. The molecule has 1 aliphatic rings. The summed E-state index contributed by atoms with van der Waals surface area (Å²) >= 11 is 5.07. The van der Waals surface area contributed by atoms with Crippen LogP contribution >= 0.6 is 12.2 Å². The molecule has 0 saturated heterocycles. The lowest BCUT2D eigenvalue weighted by Crippen LogP contribution is -2.52. The molecule has 0 bridgehead atoms. The molecule has 3 nitrogen and oxygen atoms in total. The van der Waals surface area contributed by atoms with Crippen molar-refractivity contribution in [1.82, 2.24) is 5.32 Å². The third-order valence-electron chi connectivity index (χ3n) is 4.74. The van der Waals surface area contributed by atoms with Crippen molar-refractivity contribution in [2.75, 3.05) is 0 Å². The van der Waals surface area contributed by atoms with Crippen LogP contribution in [0.4, 0.5) is 0 Å². The fraction of sp³-hybridized carbons (Fsp3) is 0.867. The highest BCUT2D eigenvalue weighted by Crippen LogP contribution is 2.31. The van der Waals surface area contributed by atoms with Crippen molar-refractivity contribution in [2.24, 2.45) is 23.0 Å². The Morgan fingerprint density at radius 3 is 2.47 bits per heavy atom. The number of nitrogens with one attached hydrogen (secondary N) is 1. The van der Waals surface area contributed by atoms with E-state index in [1.165, 1.54) is 19.3 Å². The molecule has 0 heterocycles. The molecule has 0 aliphatic heterocycles. The zero-order chi connectivity index (χ0) is 14.6. The van der Waals surface area contributed by atoms with Crippen LogP contribution < -0.4 is 11.1 Å². The molecule has 4 heteroatoms. The number of carbonyl (C=O) groups is 1. The van der Waals surface area contributed by atoms with Crippen LogP contribution in [0.25, 0.3) is 0 Å². The van der Waals surface area contributed by atoms with Crippen LogP contribution in [-0.2, 0) is 4.79 Å². The number of hydrogen-bond acceptors (Lipinski definition) is 2. The van der Waals surface area contributed by atoms with Gasteiger partial charge in [0.2, 0.25) is 5.91 Å². The van der Waals surface area contributed by atoms with Crippen molar-refractivity contribution in [3.05, 3.63) is 0 Å². The Balaban J connectivity index is 2.76. The summed E-state index contributed by atoms with van der Waals surface area (Å²) in [6.07, 6.45) is 5.40. The van der Waals surface area contributed by atoms with Crippen molar-refractivity contribution in [2.45, 2.75) is 65.8 Å². The standard InChI is InChI=1S/C15H28N2OS/c1-5-15(4,13(16)19)14(18)17-12-9-7-6-8-11(12)10(2)3/h10-12H,5-9H2,1-4H3,(H2,16,19)(H,17,18). The molecule has 0 aromatic rings. The highest BCUT2D eigenvalue weighted by Gasteiger charge is 2.37. The van der Waals surface area contributed by atoms with Crippen molar-refractivity contribution >= 4 is 23.1 Å². The summed E-state index contributed by atoms with van der Waals surface area (Å²) in [5.41, 5.74) is 5.04. The molecule has 1 fully saturated rings. The van der Waals surface area contributed by atoms with E-state index in [0.717, 1.165) is 6.42 Å². The van der Waals surface area contributed by atoms with Gasteiger partial charge in [0.15, 0.2) is 0 Å². The van der Waals surface area contributed by atoms with Gasteiger partial charge in [0, 0.05) is 6.04 Å². The minimum Gasteiger partial charge on any atom is -0.392 e. The van der Waals surface area contributed by atoms with Crippen molar-refractivity contribution in [1.29, 1.82) is 0 Å². The smallest absolute Gasteiger partial charge is 0.232 e. The maximum absolute atomic E-state index is 12.5. The molecule has 19 heavy (non-hydrogen) atoms. The van der Waals surface area contributed by atoms with E-state index in [2.05, 4.69) is 19.2 Å². The zero-order valence-corrected chi connectivity index (χ0v) is 13.5. The number of rotatable bonds is 5. The highest BCUT2D eigenvalue weighted by atomic mass is 32.1.